The van der Waals surface area contributed by atoms with Gasteiger partial charge in [-0.25, -0.2) is 17.9 Å². The van der Waals surface area contributed by atoms with Crippen LogP contribution in [0.4, 0.5) is 0 Å². The van der Waals surface area contributed by atoms with Crippen molar-refractivity contribution in [1.82, 2.24) is 9.62 Å². The number of nitrogens with one attached hydrogen (secondary N) is 1. The summed E-state index contributed by atoms with van der Waals surface area (Å²) >= 11 is 0. The van der Waals surface area contributed by atoms with Gasteiger partial charge >= 0.3 is 5.97 Å². The predicted molar refractivity (Wildman–Crippen MR) is 90.8 cm³/mol. The number of hydrogen-bond donors (Lipinski definition) is 2. The molecule has 1 aliphatic rings. The number of amides is 1. The van der Waals surface area contributed by atoms with Crippen molar-refractivity contribution < 1.29 is 27.9 Å². The summed E-state index contributed by atoms with van der Waals surface area (Å²) in [6, 6.07) is 4.94. The Bertz CT molecular complexity index is 731. The molecule has 1 heterocycles. The van der Waals surface area contributed by atoms with Crippen LogP contribution in [0.25, 0.3) is 0 Å². The first-order chi connectivity index (χ1) is 11.7. The number of likely N-dealkylation sites (tertiary alicyclic amines) is 1. The number of carbonyl (C=O) groups is 2. The van der Waals surface area contributed by atoms with Crippen LogP contribution in [-0.2, 0) is 26.0 Å². The first-order valence-electron chi connectivity index (χ1n) is 7.85. The molecule has 0 radical (unpaired) electrons. The van der Waals surface area contributed by atoms with Crippen LogP contribution >= 0.6 is 0 Å². The summed E-state index contributed by atoms with van der Waals surface area (Å²) < 4.78 is 30.7. The highest BCUT2D eigenvalue weighted by molar-refractivity contribution is 7.88. The molecule has 2 N–H and O–H groups in total. The maximum atomic E-state index is 12.8. The number of carboxylic acid groups (broad SMARTS) is 1. The highest BCUT2D eigenvalue weighted by Gasteiger charge is 2.37. The molecule has 1 amide bonds. The first kappa shape index (κ1) is 19.2. The largest absolute Gasteiger partial charge is 0.497 e. The number of methoxy groups -OCH3 is 1. The second-order valence-electron chi connectivity index (χ2n) is 6.02. The van der Waals surface area contributed by atoms with Crippen molar-refractivity contribution in [2.45, 2.75) is 31.3 Å². The molecule has 2 rings (SSSR count). The van der Waals surface area contributed by atoms with Crippen molar-refractivity contribution in [2.24, 2.45) is 0 Å². The van der Waals surface area contributed by atoms with E-state index >= 15 is 0 Å². The third kappa shape index (κ3) is 5.17. The van der Waals surface area contributed by atoms with Crippen LogP contribution in [0.1, 0.15) is 18.4 Å². The Balaban J connectivity index is 2.22. The molecule has 2 atom stereocenters. The Morgan fingerprint density at radius 2 is 2.00 bits per heavy atom. The monoisotopic (exact) mass is 370 g/mol. The maximum Gasteiger partial charge on any atom is 0.326 e. The Hall–Kier alpha value is -2.13. The van der Waals surface area contributed by atoms with Crippen LogP contribution in [0, 0.1) is 0 Å². The number of sulfonamides is 1. The smallest absolute Gasteiger partial charge is 0.326 e. The average molecular weight is 370 g/mol. The second-order valence-corrected chi connectivity index (χ2v) is 7.80. The van der Waals surface area contributed by atoms with Crippen molar-refractivity contribution in [3.8, 4) is 5.75 Å². The van der Waals surface area contributed by atoms with E-state index in [-0.39, 0.29) is 6.42 Å². The van der Waals surface area contributed by atoms with E-state index in [0.29, 0.717) is 25.1 Å². The lowest BCUT2D eigenvalue weighted by Gasteiger charge is -2.27. The van der Waals surface area contributed by atoms with Crippen LogP contribution in [0.15, 0.2) is 24.3 Å². The summed E-state index contributed by atoms with van der Waals surface area (Å²) in [6.07, 6.45) is 2.05. The molecule has 1 saturated heterocycles. The minimum Gasteiger partial charge on any atom is -0.497 e. The standard InChI is InChI=1S/C16H22N2O6S/c1-24-12-7-5-11(6-8-12)10-13(17-25(2,22)23)15(19)18-9-3-4-14(18)16(20)21/h5-8,13-14,17H,3-4,9-10H2,1-2H3,(H,20,21)/t13-,14-/m0/s1. The molecule has 0 bridgehead atoms. The lowest BCUT2D eigenvalue weighted by Crippen LogP contribution is -2.52. The van der Waals surface area contributed by atoms with Crippen LogP contribution in [0.2, 0.25) is 0 Å². The van der Waals surface area contributed by atoms with Crippen LogP contribution in [0.3, 0.4) is 0 Å². The summed E-state index contributed by atoms with van der Waals surface area (Å²) in [7, 11) is -2.10. The average Bonchev–Trinajstić information content (AvgIpc) is 3.03. The Morgan fingerprint density at radius 3 is 2.52 bits per heavy atom. The Labute approximate surface area is 146 Å². The zero-order chi connectivity index (χ0) is 18.6. The third-order valence-electron chi connectivity index (χ3n) is 4.07. The Kier molecular flexibility index (Phi) is 6.02. The fraction of sp³-hybridized carbons (Fsp3) is 0.500. The van der Waals surface area contributed by atoms with Gasteiger partial charge in [-0.3, -0.25) is 4.79 Å². The molecule has 1 aromatic carbocycles. The predicted octanol–water partition coefficient (Wildman–Crippen LogP) is 0.231. The summed E-state index contributed by atoms with van der Waals surface area (Å²) in [5, 5.41) is 9.25. The van der Waals surface area contributed by atoms with Crippen LogP contribution < -0.4 is 9.46 Å². The number of benzene rings is 1. The molecule has 0 unspecified atom stereocenters. The van der Waals surface area contributed by atoms with E-state index in [9.17, 15) is 23.1 Å². The summed E-state index contributed by atoms with van der Waals surface area (Å²) in [4.78, 5) is 25.3. The van der Waals surface area contributed by atoms with Crippen molar-refractivity contribution >= 4 is 21.9 Å². The molecular weight excluding hydrogens is 348 g/mol. The van der Waals surface area contributed by atoms with Crippen molar-refractivity contribution in [3.63, 3.8) is 0 Å². The minimum atomic E-state index is -3.64. The molecule has 1 aliphatic heterocycles. The van der Waals surface area contributed by atoms with E-state index in [4.69, 9.17) is 4.74 Å². The SMILES string of the molecule is COc1ccc(C[C@H](NS(C)(=O)=O)C(=O)N2CCC[C@H]2C(=O)O)cc1. The highest BCUT2D eigenvalue weighted by Crippen LogP contribution is 2.20. The number of carboxylic acids is 1. The Morgan fingerprint density at radius 1 is 1.36 bits per heavy atom. The van der Waals surface area contributed by atoms with E-state index < -0.39 is 34.0 Å². The van der Waals surface area contributed by atoms with Gasteiger partial charge in [-0.1, -0.05) is 12.1 Å². The third-order valence-corrected chi connectivity index (χ3v) is 4.79. The van der Waals surface area contributed by atoms with Gasteiger partial charge in [0.15, 0.2) is 0 Å². The number of carbonyl (C=O) groups excluding carboxylic acids is 1. The summed E-state index contributed by atoms with van der Waals surface area (Å²) in [6.45, 7) is 0.306. The molecule has 0 aliphatic carbocycles. The van der Waals surface area contributed by atoms with E-state index in [2.05, 4.69) is 4.72 Å². The van der Waals surface area contributed by atoms with Crippen LogP contribution in [0.5, 0.6) is 5.75 Å². The van der Waals surface area contributed by atoms with Gasteiger partial charge in [-0.05, 0) is 37.0 Å². The molecule has 8 nitrogen and oxygen atoms in total. The first-order valence-corrected chi connectivity index (χ1v) is 9.74. The van der Waals surface area contributed by atoms with Crippen molar-refractivity contribution in [1.29, 1.82) is 0 Å². The molecule has 1 fully saturated rings. The topological polar surface area (TPSA) is 113 Å². The highest BCUT2D eigenvalue weighted by atomic mass is 32.2. The fourth-order valence-electron chi connectivity index (χ4n) is 2.92. The van der Waals surface area contributed by atoms with Gasteiger partial charge in [0.2, 0.25) is 15.9 Å². The molecule has 9 heteroatoms. The van der Waals surface area contributed by atoms with E-state index in [1.54, 1.807) is 24.3 Å². The van der Waals surface area contributed by atoms with Gasteiger partial charge < -0.3 is 14.7 Å². The fourth-order valence-corrected chi connectivity index (χ4v) is 3.62. The van der Waals surface area contributed by atoms with Gasteiger partial charge in [0.05, 0.1) is 13.4 Å². The van der Waals surface area contributed by atoms with Gasteiger partial charge in [-0.2, -0.15) is 0 Å². The number of aliphatic carboxylic acids is 1. The number of hydrogen-bond acceptors (Lipinski definition) is 5. The van der Waals surface area contributed by atoms with Gasteiger partial charge in [0.25, 0.3) is 0 Å². The van der Waals surface area contributed by atoms with Crippen LogP contribution in [-0.4, -0.2) is 62.3 Å². The van der Waals surface area contributed by atoms with Gasteiger partial charge in [0.1, 0.15) is 17.8 Å². The molecule has 0 spiro atoms. The lowest BCUT2D eigenvalue weighted by molar-refractivity contribution is -0.148. The van der Waals surface area contributed by atoms with E-state index in [1.165, 1.54) is 12.0 Å². The van der Waals surface area contributed by atoms with Gasteiger partial charge in [0, 0.05) is 6.54 Å². The molecule has 138 valence electrons. The molecule has 0 aromatic heterocycles. The number of nitrogens with zero attached hydrogens (tertiary/aromatic N) is 1. The summed E-state index contributed by atoms with van der Waals surface area (Å²) in [5.41, 5.74) is 0.737. The number of ether oxygens (including phenoxy) is 1. The van der Waals surface area contributed by atoms with Crippen molar-refractivity contribution in [3.05, 3.63) is 29.8 Å². The molecule has 1 aromatic rings. The lowest BCUT2D eigenvalue weighted by atomic mass is 10.0. The van der Waals surface area contributed by atoms with E-state index in [1.807, 2.05) is 0 Å². The zero-order valence-electron chi connectivity index (χ0n) is 14.1. The zero-order valence-corrected chi connectivity index (χ0v) is 15.0. The van der Waals surface area contributed by atoms with Crippen molar-refractivity contribution in [2.75, 3.05) is 19.9 Å². The normalized spacial score (nSPS) is 18.8. The summed E-state index contributed by atoms with van der Waals surface area (Å²) in [5.74, 6) is -0.951. The molecular formula is C16H22N2O6S. The second kappa shape index (κ2) is 7.83. The minimum absolute atomic E-state index is 0.124. The maximum absolute atomic E-state index is 12.8. The quantitative estimate of drug-likeness (QED) is 0.710. The number of rotatable bonds is 7. The molecule has 0 saturated carbocycles. The van der Waals surface area contributed by atoms with Gasteiger partial charge in [-0.15, -0.1) is 0 Å². The van der Waals surface area contributed by atoms with E-state index in [0.717, 1.165) is 11.8 Å². The molecule has 25 heavy (non-hydrogen) atoms.